The molecule has 0 aliphatic rings. The van der Waals surface area contributed by atoms with E-state index >= 15 is 0 Å². The van der Waals surface area contributed by atoms with Crippen LogP contribution in [0.4, 0.5) is 34.6 Å². The van der Waals surface area contributed by atoms with Crippen molar-refractivity contribution in [3.63, 3.8) is 0 Å². The molecule has 0 bridgehead atoms. The Morgan fingerprint density at radius 3 is 1.41 bits per heavy atom. The number of aromatic nitrogens is 14. The van der Waals surface area contributed by atoms with Crippen LogP contribution in [0.2, 0.25) is 0 Å². The topological polar surface area (TPSA) is 303 Å². The fraction of sp³-hybridized carbons (Fsp3) is 0.133. The smallest absolute Gasteiger partial charge is 0.343 e. The summed E-state index contributed by atoms with van der Waals surface area (Å²) in [5, 5.41) is 34.5. The average Bonchev–Trinajstić information content (AvgIpc) is 3.96. The van der Waals surface area contributed by atoms with Crippen molar-refractivity contribution in [2.45, 2.75) is 13.8 Å². The molecule has 54 heavy (non-hydrogen) atoms. The second kappa shape index (κ2) is 14.2. The number of nitrogens with zero attached hydrogens (tertiary/aromatic N) is 18. The number of anilines is 2. The summed E-state index contributed by atoms with van der Waals surface area (Å²) in [6.45, 7) is 3.32. The summed E-state index contributed by atoms with van der Waals surface area (Å²) in [4.78, 5) is 50.3. The molecule has 7 aromatic heterocycles. The lowest BCUT2D eigenvalue weighted by atomic mass is 10.3. The maximum atomic E-state index is 12.5. The Morgan fingerprint density at radius 2 is 1.02 bits per heavy atom. The molecule has 7 heterocycles. The van der Waals surface area contributed by atoms with Crippen molar-refractivity contribution in [1.82, 2.24) is 69.0 Å². The predicted molar refractivity (Wildman–Crippen MR) is 184 cm³/mol. The van der Waals surface area contributed by atoms with Crippen molar-refractivity contribution in [1.29, 1.82) is 0 Å². The largest absolute Gasteiger partial charge is 0.465 e. The minimum absolute atomic E-state index is 0.000720. The van der Waals surface area contributed by atoms with Gasteiger partial charge in [0.25, 0.3) is 11.9 Å². The van der Waals surface area contributed by atoms with Crippen molar-refractivity contribution >= 4 is 46.6 Å². The Morgan fingerprint density at radius 1 is 0.611 bits per heavy atom. The lowest BCUT2D eigenvalue weighted by Crippen LogP contribution is -2.09. The fourth-order valence-electron chi connectivity index (χ4n) is 4.91. The molecule has 0 spiro atoms. The van der Waals surface area contributed by atoms with Gasteiger partial charge in [0.2, 0.25) is 0 Å². The third-order valence-electron chi connectivity index (χ3n) is 7.47. The molecule has 24 nitrogen and oxygen atoms in total. The molecule has 0 aliphatic carbocycles. The first-order chi connectivity index (χ1) is 26.2. The summed E-state index contributed by atoms with van der Waals surface area (Å²) < 4.78 is 14.9. The van der Waals surface area contributed by atoms with Gasteiger partial charge in [-0.05, 0) is 26.0 Å². The number of carbonyl (C=O) groups is 2. The molecule has 7 rings (SSSR count). The van der Waals surface area contributed by atoms with Crippen LogP contribution >= 0.6 is 0 Å². The normalized spacial score (nSPS) is 11.5. The van der Waals surface area contributed by atoms with Crippen molar-refractivity contribution in [3.05, 3.63) is 84.2 Å². The Bertz CT molecular complexity index is 2400. The minimum atomic E-state index is -0.697. The fourth-order valence-corrected chi connectivity index (χ4v) is 4.91. The van der Waals surface area contributed by atoms with E-state index in [1.165, 1.54) is 82.5 Å². The summed E-state index contributed by atoms with van der Waals surface area (Å²) in [5.41, 5.74) is 14.1. The number of esters is 2. The van der Waals surface area contributed by atoms with E-state index in [0.717, 1.165) is 0 Å². The Hall–Kier alpha value is -8.18. The second-order valence-electron chi connectivity index (χ2n) is 10.8. The first-order valence-electron chi connectivity index (χ1n) is 15.4. The van der Waals surface area contributed by atoms with Gasteiger partial charge < -0.3 is 20.9 Å². The molecule has 270 valence electrons. The van der Waals surface area contributed by atoms with E-state index in [0.29, 0.717) is 11.4 Å². The molecule has 0 saturated carbocycles. The number of carbonyl (C=O) groups excluding carboxylic acids is 2. The van der Waals surface area contributed by atoms with Crippen LogP contribution < -0.4 is 11.5 Å². The third-order valence-corrected chi connectivity index (χ3v) is 7.47. The number of aryl methyl sites for hydroxylation is 2. The standard InChI is InChI=1S/C30H26N20O4/c1-15-21(41-43-25-17(27(51)53-3)12-39-49(25)29-33-7-5-8-34-29)23(31)47(45-15)19-11-20(38-14-37-19)48-24(32)22(16(2)46-48)42-44-26-18(28(52)54-4)13-40-50(26)30-35-9-6-10-36-30/h5-14H,31-32H2,1-4H3. The molecular weight excluding hydrogens is 704 g/mol. The summed E-state index contributed by atoms with van der Waals surface area (Å²) in [6.07, 6.45) is 9.83. The first kappa shape index (κ1) is 34.3. The van der Waals surface area contributed by atoms with Crippen LogP contribution in [-0.4, -0.2) is 95.2 Å². The molecule has 0 saturated heterocycles. The number of rotatable bonds is 10. The van der Waals surface area contributed by atoms with Crippen LogP contribution in [0.1, 0.15) is 32.1 Å². The van der Waals surface area contributed by atoms with Crippen molar-refractivity contribution in [2.75, 3.05) is 25.7 Å². The third kappa shape index (κ3) is 6.20. The second-order valence-corrected chi connectivity index (χ2v) is 10.8. The highest BCUT2D eigenvalue weighted by molar-refractivity contribution is 5.94. The molecule has 7 aromatic rings. The molecule has 4 N–H and O–H groups in total. The Kier molecular flexibility index (Phi) is 9.02. The summed E-state index contributed by atoms with van der Waals surface area (Å²) in [6, 6.07) is 4.78. The van der Waals surface area contributed by atoms with Crippen molar-refractivity contribution < 1.29 is 19.1 Å². The highest BCUT2D eigenvalue weighted by Crippen LogP contribution is 2.34. The van der Waals surface area contributed by atoms with Crippen molar-refractivity contribution in [2.24, 2.45) is 20.5 Å². The maximum absolute atomic E-state index is 12.5. The van der Waals surface area contributed by atoms with Gasteiger partial charge in [0.05, 0.1) is 38.0 Å². The number of azo groups is 2. The predicted octanol–water partition coefficient (Wildman–Crippen LogP) is 2.98. The molecule has 24 heteroatoms. The number of methoxy groups -OCH3 is 2. The Balaban J connectivity index is 1.21. The number of ether oxygens (including phenoxy) is 2. The van der Waals surface area contributed by atoms with Gasteiger partial charge >= 0.3 is 11.9 Å². The molecule has 0 amide bonds. The van der Waals surface area contributed by atoms with Crippen molar-refractivity contribution in [3.8, 4) is 23.5 Å². The lowest BCUT2D eigenvalue weighted by Gasteiger charge is -2.06. The van der Waals surface area contributed by atoms with E-state index in [1.54, 1.807) is 26.0 Å². The zero-order valence-corrected chi connectivity index (χ0v) is 28.6. The maximum Gasteiger partial charge on any atom is 0.343 e. The van der Waals surface area contributed by atoms with E-state index in [2.05, 4.69) is 70.8 Å². The van der Waals surface area contributed by atoms with E-state index in [4.69, 9.17) is 20.9 Å². The molecular formula is C30H26N20O4. The number of hydrogen-bond donors (Lipinski definition) is 2. The van der Waals surface area contributed by atoms with Crippen LogP contribution in [0.25, 0.3) is 23.5 Å². The SMILES string of the molecule is COC(=O)c1cnn(-c2ncccn2)c1N=Nc1c(C)nn(-c2cc(-n3nc(C)c(N=Nc4c(C(=O)OC)cnn4-c4ncccn4)c3N)ncn2)c1N. The zero-order chi connectivity index (χ0) is 37.9. The molecule has 0 unspecified atom stereocenters. The quantitative estimate of drug-likeness (QED) is 0.151. The number of nitrogen functional groups attached to an aromatic ring is 2. The number of hydrogen-bond acceptors (Lipinski definition) is 20. The van der Waals surface area contributed by atoms with Gasteiger partial charge in [-0.15, -0.1) is 20.5 Å². The van der Waals surface area contributed by atoms with Gasteiger partial charge in [-0.25, -0.2) is 39.5 Å². The Labute approximate surface area is 302 Å². The van der Waals surface area contributed by atoms with Gasteiger partial charge in [-0.2, -0.15) is 39.1 Å². The highest BCUT2D eigenvalue weighted by atomic mass is 16.5. The van der Waals surface area contributed by atoms with E-state index in [9.17, 15) is 9.59 Å². The average molecular weight is 731 g/mol. The molecule has 0 fully saturated rings. The minimum Gasteiger partial charge on any atom is -0.465 e. The van der Waals surface area contributed by atoms with Crippen LogP contribution in [0, 0.1) is 13.8 Å². The number of nitrogens with two attached hydrogens (primary N) is 2. The van der Waals surface area contributed by atoms with Gasteiger partial charge in [-0.3, -0.25) is 0 Å². The van der Waals surface area contributed by atoms with Crippen LogP contribution in [0.5, 0.6) is 0 Å². The molecule has 0 radical (unpaired) electrons. The molecule has 0 aromatic carbocycles. The highest BCUT2D eigenvalue weighted by Gasteiger charge is 2.24. The van der Waals surface area contributed by atoms with E-state index in [-0.39, 0.29) is 69.3 Å². The van der Waals surface area contributed by atoms with E-state index < -0.39 is 11.9 Å². The van der Waals surface area contributed by atoms with Gasteiger partial charge in [0.15, 0.2) is 46.3 Å². The van der Waals surface area contributed by atoms with Crippen LogP contribution in [-0.2, 0) is 9.47 Å². The van der Waals surface area contributed by atoms with Gasteiger partial charge in [0, 0.05) is 30.9 Å². The van der Waals surface area contributed by atoms with Crippen LogP contribution in [0.15, 0.2) is 82.2 Å². The van der Waals surface area contributed by atoms with Crippen LogP contribution in [0.3, 0.4) is 0 Å². The molecule has 0 aliphatic heterocycles. The summed E-state index contributed by atoms with van der Waals surface area (Å²) >= 11 is 0. The van der Waals surface area contributed by atoms with Gasteiger partial charge in [0.1, 0.15) is 17.5 Å². The summed E-state index contributed by atoms with van der Waals surface area (Å²) in [5.74, 6) is -0.532. The first-order valence-corrected chi connectivity index (χ1v) is 15.4. The summed E-state index contributed by atoms with van der Waals surface area (Å²) in [7, 11) is 2.46. The monoisotopic (exact) mass is 730 g/mol. The molecule has 0 atom stereocenters. The lowest BCUT2D eigenvalue weighted by molar-refractivity contribution is 0.0592. The zero-order valence-electron chi connectivity index (χ0n) is 28.6. The van der Waals surface area contributed by atoms with E-state index in [1.807, 2.05) is 0 Å². The van der Waals surface area contributed by atoms with Gasteiger partial charge in [-0.1, -0.05) is 0 Å².